The van der Waals surface area contributed by atoms with Crippen LogP contribution in [-0.4, -0.2) is 41.4 Å². The summed E-state index contributed by atoms with van der Waals surface area (Å²) in [4.78, 5) is 2.77. The van der Waals surface area contributed by atoms with Crippen LogP contribution in [0, 0.1) is 0 Å². The standard InChI is InChI=1S/C27H36ClNO2S2.ClH/c1-25(2,20-8-11-22(28)12-9-20)29(26(3)32-16-7-17-33-26)19-27(14-6-15-27)21-10-13-23(30-4)24(18-21)31-5;/h8-13,18H,6-7,14-17,19H2,1-5H3;1H. The Morgan fingerprint density at radius 1 is 0.941 bits per heavy atom. The number of rotatable bonds is 8. The third kappa shape index (κ3) is 5.34. The number of hydrogen-bond donors (Lipinski definition) is 0. The smallest absolute Gasteiger partial charge is 0.161 e. The van der Waals surface area contributed by atoms with Crippen molar-refractivity contribution < 1.29 is 9.47 Å². The summed E-state index contributed by atoms with van der Waals surface area (Å²) < 4.78 is 11.2. The Labute approximate surface area is 225 Å². The van der Waals surface area contributed by atoms with Crippen molar-refractivity contribution in [1.82, 2.24) is 4.90 Å². The summed E-state index contributed by atoms with van der Waals surface area (Å²) in [6.07, 6.45) is 4.93. The molecule has 0 amide bonds. The molecule has 0 aromatic heterocycles. The van der Waals surface area contributed by atoms with Crippen molar-refractivity contribution in [3.63, 3.8) is 0 Å². The summed E-state index contributed by atoms with van der Waals surface area (Å²) in [6.45, 7) is 8.19. The van der Waals surface area contributed by atoms with Gasteiger partial charge in [-0.1, -0.05) is 36.2 Å². The van der Waals surface area contributed by atoms with Crippen LogP contribution in [0.5, 0.6) is 11.5 Å². The molecular weight excluding hydrogens is 505 g/mol. The Kier molecular flexibility index (Phi) is 9.12. The summed E-state index contributed by atoms with van der Waals surface area (Å²) in [5.41, 5.74) is 2.64. The molecule has 1 aliphatic carbocycles. The van der Waals surface area contributed by atoms with Crippen LogP contribution in [0.3, 0.4) is 0 Å². The van der Waals surface area contributed by atoms with E-state index < -0.39 is 0 Å². The fourth-order valence-corrected chi connectivity index (χ4v) is 8.63. The Morgan fingerprint density at radius 2 is 1.56 bits per heavy atom. The van der Waals surface area contributed by atoms with Crippen molar-refractivity contribution in [3.05, 3.63) is 58.6 Å². The molecule has 0 spiro atoms. The average Bonchev–Trinajstić information content (AvgIpc) is 2.78. The zero-order valence-corrected chi connectivity index (χ0v) is 24.1. The molecule has 34 heavy (non-hydrogen) atoms. The quantitative estimate of drug-likeness (QED) is 0.336. The highest BCUT2D eigenvalue weighted by atomic mass is 35.5. The molecule has 3 nitrogen and oxygen atoms in total. The molecule has 1 heterocycles. The van der Waals surface area contributed by atoms with Crippen molar-refractivity contribution in [3.8, 4) is 11.5 Å². The molecular formula is C27H37Cl2NO2S2. The number of hydrogen-bond acceptors (Lipinski definition) is 5. The van der Waals surface area contributed by atoms with Crippen LogP contribution in [0.15, 0.2) is 42.5 Å². The lowest BCUT2D eigenvalue weighted by Crippen LogP contribution is -2.59. The second kappa shape index (κ2) is 11.1. The van der Waals surface area contributed by atoms with Crippen LogP contribution in [-0.2, 0) is 11.0 Å². The maximum Gasteiger partial charge on any atom is 0.161 e. The fraction of sp³-hybridized carbons (Fsp3) is 0.556. The highest BCUT2D eigenvalue weighted by Crippen LogP contribution is 2.54. The molecule has 1 saturated carbocycles. The average molecular weight is 543 g/mol. The Bertz CT molecular complexity index is 958. The minimum Gasteiger partial charge on any atom is -0.493 e. The summed E-state index contributed by atoms with van der Waals surface area (Å²) in [5.74, 6) is 4.02. The van der Waals surface area contributed by atoms with E-state index in [1.165, 1.54) is 48.3 Å². The monoisotopic (exact) mass is 541 g/mol. The predicted molar refractivity (Wildman–Crippen MR) is 151 cm³/mol. The van der Waals surface area contributed by atoms with Gasteiger partial charge in [0.2, 0.25) is 0 Å². The van der Waals surface area contributed by atoms with Crippen molar-refractivity contribution >= 4 is 47.5 Å². The molecule has 4 rings (SSSR count). The van der Waals surface area contributed by atoms with Gasteiger partial charge in [-0.3, -0.25) is 4.90 Å². The van der Waals surface area contributed by atoms with Gasteiger partial charge in [-0.05, 0) is 86.9 Å². The molecule has 0 N–H and O–H groups in total. The molecule has 2 aromatic rings. The molecule has 2 fully saturated rings. The third-order valence-electron chi connectivity index (χ3n) is 7.51. The highest BCUT2D eigenvalue weighted by Gasteiger charge is 2.50. The van der Waals surface area contributed by atoms with Gasteiger partial charge in [-0.2, -0.15) is 0 Å². The first-order valence-electron chi connectivity index (χ1n) is 11.8. The molecule has 2 aliphatic rings. The minimum atomic E-state index is -0.143. The predicted octanol–water partition coefficient (Wildman–Crippen LogP) is 7.98. The molecule has 0 bridgehead atoms. The van der Waals surface area contributed by atoms with E-state index in [9.17, 15) is 0 Å². The maximum absolute atomic E-state index is 6.24. The van der Waals surface area contributed by atoms with E-state index in [0.29, 0.717) is 0 Å². The maximum atomic E-state index is 6.24. The molecule has 0 radical (unpaired) electrons. The zero-order valence-electron chi connectivity index (χ0n) is 20.9. The van der Waals surface area contributed by atoms with Crippen LogP contribution in [0.2, 0.25) is 5.02 Å². The number of halogens is 2. The van der Waals surface area contributed by atoms with Gasteiger partial charge < -0.3 is 9.47 Å². The van der Waals surface area contributed by atoms with Gasteiger partial charge in [0, 0.05) is 22.5 Å². The van der Waals surface area contributed by atoms with Crippen LogP contribution < -0.4 is 9.47 Å². The molecule has 2 aromatic carbocycles. The van der Waals surface area contributed by atoms with E-state index in [2.05, 4.69) is 79.5 Å². The summed E-state index contributed by atoms with van der Waals surface area (Å²) in [6, 6.07) is 14.9. The van der Waals surface area contributed by atoms with Gasteiger partial charge in [0.1, 0.15) is 4.20 Å². The second-order valence-corrected chi connectivity index (χ2v) is 13.5. The van der Waals surface area contributed by atoms with Crippen molar-refractivity contribution in [2.24, 2.45) is 0 Å². The lowest BCUT2D eigenvalue weighted by atomic mass is 9.63. The Balaban J connectivity index is 0.00000324. The summed E-state index contributed by atoms with van der Waals surface area (Å²) in [7, 11) is 3.42. The SMILES string of the molecule is COc1ccc(C2(CN(C3(C)SCCCS3)C(C)(C)c3ccc(Cl)cc3)CCC2)cc1OC.Cl. The molecule has 0 atom stereocenters. The van der Waals surface area contributed by atoms with Gasteiger partial charge in [0.25, 0.3) is 0 Å². The lowest BCUT2D eigenvalue weighted by Gasteiger charge is -2.56. The molecule has 0 unspecified atom stereocenters. The zero-order chi connectivity index (χ0) is 23.7. The molecule has 188 valence electrons. The number of ether oxygens (including phenoxy) is 2. The van der Waals surface area contributed by atoms with E-state index in [1.807, 2.05) is 12.1 Å². The number of methoxy groups -OCH3 is 2. The van der Waals surface area contributed by atoms with Crippen LogP contribution >= 0.6 is 47.5 Å². The first-order valence-corrected chi connectivity index (χ1v) is 14.1. The number of nitrogens with zero attached hydrogens (tertiary/aromatic N) is 1. The normalized spacial score (nSPS) is 19.1. The first kappa shape index (κ1) is 27.9. The highest BCUT2D eigenvalue weighted by molar-refractivity contribution is 8.18. The van der Waals surface area contributed by atoms with Crippen LogP contribution in [0.1, 0.15) is 57.6 Å². The Morgan fingerprint density at radius 3 is 2.09 bits per heavy atom. The number of benzene rings is 2. The van der Waals surface area contributed by atoms with Crippen LogP contribution in [0.4, 0.5) is 0 Å². The minimum absolute atomic E-state index is 0. The van der Waals surface area contributed by atoms with Gasteiger partial charge in [-0.15, -0.1) is 35.9 Å². The van der Waals surface area contributed by atoms with E-state index in [0.717, 1.165) is 23.1 Å². The Hall–Kier alpha value is -0.720. The topological polar surface area (TPSA) is 21.7 Å². The van der Waals surface area contributed by atoms with E-state index in [-0.39, 0.29) is 27.6 Å². The van der Waals surface area contributed by atoms with Gasteiger partial charge >= 0.3 is 0 Å². The van der Waals surface area contributed by atoms with E-state index >= 15 is 0 Å². The largest absolute Gasteiger partial charge is 0.493 e. The number of thioether (sulfide) groups is 2. The second-order valence-electron chi connectivity index (χ2n) is 9.80. The molecule has 1 aliphatic heterocycles. The summed E-state index contributed by atoms with van der Waals surface area (Å²) >= 11 is 10.4. The van der Waals surface area contributed by atoms with Gasteiger partial charge in [0.15, 0.2) is 11.5 Å². The van der Waals surface area contributed by atoms with Crippen molar-refractivity contribution in [1.29, 1.82) is 0 Å². The first-order chi connectivity index (χ1) is 15.7. The van der Waals surface area contributed by atoms with Crippen molar-refractivity contribution in [2.75, 3.05) is 32.3 Å². The molecule has 1 saturated heterocycles. The van der Waals surface area contributed by atoms with Crippen molar-refractivity contribution in [2.45, 2.75) is 61.6 Å². The fourth-order valence-electron chi connectivity index (χ4n) is 5.25. The molecule has 7 heteroatoms. The van der Waals surface area contributed by atoms with Gasteiger partial charge in [0.05, 0.1) is 14.2 Å². The van der Waals surface area contributed by atoms with Gasteiger partial charge in [-0.25, -0.2) is 0 Å². The van der Waals surface area contributed by atoms with E-state index in [4.69, 9.17) is 21.1 Å². The van der Waals surface area contributed by atoms with Crippen LogP contribution in [0.25, 0.3) is 0 Å². The summed E-state index contributed by atoms with van der Waals surface area (Å²) in [5, 5.41) is 0.787. The third-order valence-corrected chi connectivity index (χ3v) is 11.0. The lowest BCUT2D eigenvalue weighted by molar-refractivity contribution is 0.0402. The van der Waals surface area contributed by atoms with E-state index in [1.54, 1.807) is 14.2 Å².